The first kappa shape index (κ1) is 9.95. The summed E-state index contributed by atoms with van der Waals surface area (Å²) < 4.78 is 13.5. The maximum Gasteiger partial charge on any atom is 0.104 e. The normalized spacial score (nSPS) is 40.9. The van der Waals surface area contributed by atoms with Crippen LogP contribution in [0, 0.1) is 23.7 Å². The number of fused-ring (bicyclic) bond motifs is 1. The molecular formula is C13H19F. The smallest absolute Gasteiger partial charge is 0.104 e. The van der Waals surface area contributed by atoms with E-state index in [0.717, 1.165) is 6.42 Å². The molecule has 1 saturated carbocycles. The van der Waals surface area contributed by atoms with Crippen LogP contribution in [0.25, 0.3) is 0 Å². The maximum atomic E-state index is 13.5. The second kappa shape index (κ2) is 3.52. The van der Waals surface area contributed by atoms with Gasteiger partial charge in [0.2, 0.25) is 0 Å². The monoisotopic (exact) mass is 194 g/mol. The Morgan fingerprint density at radius 3 is 2.43 bits per heavy atom. The first-order chi connectivity index (χ1) is 6.66. The van der Waals surface area contributed by atoms with Gasteiger partial charge in [-0.05, 0) is 30.3 Å². The summed E-state index contributed by atoms with van der Waals surface area (Å²) in [6.45, 7) is 6.62. The van der Waals surface area contributed by atoms with Gasteiger partial charge in [-0.2, -0.15) is 0 Å². The van der Waals surface area contributed by atoms with Crippen molar-refractivity contribution in [3.63, 3.8) is 0 Å². The van der Waals surface area contributed by atoms with Crippen molar-refractivity contribution in [2.75, 3.05) is 0 Å². The van der Waals surface area contributed by atoms with E-state index >= 15 is 0 Å². The number of hydrogen-bond acceptors (Lipinski definition) is 0. The standard InChI is InChI=1S/C13H19F/c1-4-5-10-6-7-11(14)13-9(3)8(2)12(10)13/h6-9,12-13H,4-5H2,1-3H3/t8?,9?,12-,13+/m1/s1. The Balaban J connectivity index is 2.21. The first-order valence-corrected chi connectivity index (χ1v) is 5.73. The lowest BCUT2D eigenvalue weighted by molar-refractivity contribution is 0.0352. The van der Waals surface area contributed by atoms with E-state index in [1.807, 2.05) is 6.08 Å². The molecule has 2 aliphatic rings. The second-order valence-electron chi connectivity index (χ2n) is 4.81. The zero-order valence-electron chi connectivity index (χ0n) is 9.26. The van der Waals surface area contributed by atoms with Gasteiger partial charge in [-0.25, -0.2) is 4.39 Å². The summed E-state index contributed by atoms with van der Waals surface area (Å²) in [7, 11) is 0. The van der Waals surface area contributed by atoms with Gasteiger partial charge in [0.25, 0.3) is 0 Å². The van der Waals surface area contributed by atoms with Crippen LogP contribution in [0.5, 0.6) is 0 Å². The van der Waals surface area contributed by atoms with Crippen molar-refractivity contribution in [3.8, 4) is 0 Å². The van der Waals surface area contributed by atoms with Crippen molar-refractivity contribution >= 4 is 0 Å². The van der Waals surface area contributed by atoms with Crippen molar-refractivity contribution in [1.29, 1.82) is 0 Å². The topological polar surface area (TPSA) is 0 Å². The second-order valence-corrected chi connectivity index (χ2v) is 4.81. The molecule has 0 aromatic rings. The van der Waals surface area contributed by atoms with E-state index in [1.54, 1.807) is 6.08 Å². The summed E-state index contributed by atoms with van der Waals surface area (Å²) in [5, 5.41) is 0. The van der Waals surface area contributed by atoms with Gasteiger partial charge in [-0.1, -0.05) is 38.8 Å². The molecule has 0 bridgehead atoms. The van der Waals surface area contributed by atoms with Gasteiger partial charge in [0, 0.05) is 5.92 Å². The summed E-state index contributed by atoms with van der Waals surface area (Å²) in [6.07, 6.45) is 6.02. The van der Waals surface area contributed by atoms with Crippen LogP contribution in [0.15, 0.2) is 23.6 Å². The Kier molecular flexibility index (Phi) is 2.50. The Morgan fingerprint density at radius 2 is 1.79 bits per heavy atom. The minimum Gasteiger partial charge on any atom is -0.211 e. The van der Waals surface area contributed by atoms with Crippen LogP contribution in [0.1, 0.15) is 33.6 Å². The fourth-order valence-electron chi connectivity index (χ4n) is 3.10. The van der Waals surface area contributed by atoms with E-state index in [-0.39, 0.29) is 11.7 Å². The lowest BCUT2D eigenvalue weighted by atomic mass is 9.53. The van der Waals surface area contributed by atoms with Crippen LogP contribution in [0.2, 0.25) is 0 Å². The summed E-state index contributed by atoms with van der Waals surface area (Å²) in [4.78, 5) is 0. The highest BCUT2D eigenvalue weighted by Crippen LogP contribution is 2.55. The largest absolute Gasteiger partial charge is 0.211 e. The molecule has 4 atom stereocenters. The molecule has 0 nitrogen and oxygen atoms in total. The highest BCUT2D eigenvalue weighted by atomic mass is 19.1. The average Bonchev–Trinajstić information content (AvgIpc) is 2.19. The van der Waals surface area contributed by atoms with Gasteiger partial charge >= 0.3 is 0 Å². The number of halogens is 1. The molecule has 0 aliphatic heterocycles. The van der Waals surface area contributed by atoms with Crippen LogP contribution in [-0.4, -0.2) is 0 Å². The molecule has 2 rings (SSSR count). The van der Waals surface area contributed by atoms with Gasteiger partial charge in [0.05, 0.1) is 0 Å². The molecular weight excluding hydrogens is 175 g/mol. The van der Waals surface area contributed by atoms with Gasteiger partial charge in [-0.15, -0.1) is 0 Å². The number of allylic oxidation sites excluding steroid dienone is 4. The van der Waals surface area contributed by atoms with Crippen LogP contribution < -0.4 is 0 Å². The Labute approximate surface area is 85.9 Å². The Bertz CT molecular complexity index is 288. The summed E-state index contributed by atoms with van der Waals surface area (Å²) in [5.74, 6) is 2.01. The van der Waals surface area contributed by atoms with Crippen molar-refractivity contribution in [2.45, 2.75) is 33.6 Å². The summed E-state index contributed by atoms with van der Waals surface area (Å²) in [5.41, 5.74) is 1.48. The minimum atomic E-state index is 0.112. The van der Waals surface area contributed by atoms with Crippen molar-refractivity contribution < 1.29 is 4.39 Å². The van der Waals surface area contributed by atoms with E-state index in [9.17, 15) is 4.39 Å². The SMILES string of the molecule is CCCC1=CC=C(F)[C@@H]2C(C)C(C)[C@H]12. The molecule has 2 unspecified atom stereocenters. The average molecular weight is 194 g/mol. The Morgan fingerprint density at radius 1 is 1.14 bits per heavy atom. The molecule has 0 aromatic heterocycles. The fourth-order valence-corrected chi connectivity index (χ4v) is 3.10. The molecule has 14 heavy (non-hydrogen) atoms. The third-order valence-corrected chi connectivity index (χ3v) is 4.09. The lowest BCUT2D eigenvalue weighted by Gasteiger charge is -2.51. The molecule has 0 amide bonds. The molecule has 2 aliphatic carbocycles. The zero-order chi connectivity index (χ0) is 10.3. The van der Waals surface area contributed by atoms with E-state index < -0.39 is 0 Å². The predicted molar refractivity (Wildman–Crippen MR) is 57.5 cm³/mol. The van der Waals surface area contributed by atoms with Crippen molar-refractivity contribution in [3.05, 3.63) is 23.6 Å². The maximum absolute atomic E-state index is 13.5. The van der Waals surface area contributed by atoms with Gasteiger partial charge in [0.15, 0.2) is 0 Å². The summed E-state index contributed by atoms with van der Waals surface area (Å²) in [6, 6.07) is 0. The third-order valence-electron chi connectivity index (χ3n) is 4.09. The van der Waals surface area contributed by atoms with Crippen LogP contribution in [0.4, 0.5) is 4.39 Å². The molecule has 0 aromatic carbocycles. The van der Waals surface area contributed by atoms with E-state index in [2.05, 4.69) is 20.8 Å². The summed E-state index contributed by atoms with van der Waals surface area (Å²) >= 11 is 0. The molecule has 0 spiro atoms. The van der Waals surface area contributed by atoms with E-state index in [0.29, 0.717) is 17.8 Å². The highest BCUT2D eigenvalue weighted by molar-refractivity contribution is 5.31. The van der Waals surface area contributed by atoms with Gasteiger partial charge < -0.3 is 0 Å². The molecule has 0 saturated heterocycles. The molecule has 1 fully saturated rings. The number of hydrogen-bond donors (Lipinski definition) is 0. The molecule has 0 N–H and O–H groups in total. The van der Waals surface area contributed by atoms with E-state index in [4.69, 9.17) is 0 Å². The predicted octanol–water partition coefficient (Wildman–Crippen LogP) is 4.10. The third kappa shape index (κ3) is 1.25. The van der Waals surface area contributed by atoms with Crippen LogP contribution in [0.3, 0.4) is 0 Å². The highest BCUT2D eigenvalue weighted by Gasteiger charge is 2.49. The quantitative estimate of drug-likeness (QED) is 0.621. The minimum absolute atomic E-state index is 0.112. The van der Waals surface area contributed by atoms with Crippen molar-refractivity contribution in [2.24, 2.45) is 23.7 Å². The zero-order valence-corrected chi connectivity index (χ0v) is 9.26. The van der Waals surface area contributed by atoms with Crippen LogP contribution >= 0.6 is 0 Å². The van der Waals surface area contributed by atoms with Gasteiger partial charge in [0.1, 0.15) is 5.83 Å². The van der Waals surface area contributed by atoms with Crippen molar-refractivity contribution in [1.82, 2.24) is 0 Å². The molecule has 1 heteroatoms. The lowest BCUT2D eigenvalue weighted by Crippen LogP contribution is -2.46. The van der Waals surface area contributed by atoms with Crippen LogP contribution in [-0.2, 0) is 0 Å². The fraction of sp³-hybridized carbons (Fsp3) is 0.692. The van der Waals surface area contributed by atoms with E-state index in [1.165, 1.54) is 12.0 Å². The first-order valence-electron chi connectivity index (χ1n) is 5.73. The van der Waals surface area contributed by atoms with Gasteiger partial charge in [-0.3, -0.25) is 0 Å². The molecule has 78 valence electrons. The molecule has 0 heterocycles. The molecule has 0 radical (unpaired) electrons. The number of rotatable bonds is 2. The Hall–Kier alpha value is -0.590.